The highest BCUT2D eigenvalue weighted by atomic mass is 32.2. The molecule has 1 heterocycles. The van der Waals surface area contributed by atoms with Gasteiger partial charge in [-0.25, -0.2) is 4.39 Å². The lowest BCUT2D eigenvalue weighted by atomic mass is 9.65. The van der Waals surface area contributed by atoms with Crippen molar-refractivity contribution < 1.29 is 9.18 Å². The summed E-state index contributed by atoms with van der Waals surface area (Å²) >= 11 is 2.80. The SMILES string of the molecule is O=C(Nc1nnc(C2(c3ccccc3)CCC2)s1)c1cc(SNCC2CC2)ccc1F. The lowest BCUT2D eigenvalue weighted by molar-refractivity contribution is 0.102. The van der Waals surface area contributed by atoms with E-state index in [4.69, 9.17) is 0 Å². The van der Waals surface area contributed by atoms with Crippen molar-refractivity contribution in [2.45, 2.75) is 42.4 Å². The Kier molecular flexibility index (Phi) is 5.77. The van der Waals surface area contributed by atoms with Gasteiger partial charge in [0, 0.05) is 16.9 Å². The van der Waals surface area contributed by atoms with Crippen LogP contribution in [0.25, 0.3) is 0 Å². The number of benzene rings is 2. The van der Waals surface area contributed by atoms with Crippen LogP contribution in [0, 0.1) is 11.7 Å². The summed E-state index contributed by atoms with van der Waals surface area (Å²) in [5.74, 6) is -0.307. The van der Waals surface area contributed by atoms with Crippen LogP contribution >= 0.6 is 23.3 Å². The highest BCUT2D eigenvalue weighted by Gasteiger charge is 2.43. The van der Waals surface area contributed by atoms with Crippen molar-refractivity contribution in [3.63, 3.8) is 0 Å². The number of carbonyl (C=O) groups excluding carboxylic acids is 1. The first-order valence-corrected chi connectivity index (χ1v) is 12.2. The van der Waals surface area contributed by atoms with E-state index in [1.165, 1.54) is 47.8 Å². The first-order valence-electron chi connectivity index (χ1n) is 10.5. The van der Waals surface area contributed by atoms with Crippen LogP contribution < -0.4 is 10.0 Å². The molecule has 2 N–H and O–H groups in total. The third-order valence-corrected chi connectivity index (χ3v) is 7.87. The average molecular weight is 455 g/mol. The Hall–Kier alpha value is -2.29. The van der Waals surface area contributed by atoms with Crippen LogP contribution in [-0.2, 0) is 5.41 Å². The fourth-order valence-corrected chi connectivity index (χ4v) is 5.66. The Morgan fingerprint density at radius 1 is 1.16 bits per heavy atom. The molecule has 160 valence electrons. The van der Waals surface area contributed by atoms with E-state index >= 15 is 0 Å². The van der Waals surface area contributed by atoms with Crippen molar-refractivity contribution >= 4 is 34.3 Å². The van der Waals surface area contributed by atoms with Gasteiger partial charge in [-0.05, 0) is 67.3 Å². The van der Waals surface area contributed by atoms with Gasteiger partial charge in [-0.2, -0.15) is 0 Å². The number of aromatic nitrogens is 2. The van der Waals surface area contributed by atoms with Crippen LogP contribution in [0.15, 0.2) is 53.4 Å². The van der Waals surface area contributed by atoms with Gasteiger partial charge in [-0.1, -0.05) is 48.1 Å². The zero-order valence-corrected chi connectivity index (χ0v) is 18.6. The van der Waals surface area contributed by atoms with Crippen molar-refractivity contribution in [1.82, 2.24) is 14.9 Å². The second-order valence-electron chi connectivity index (χ2n) is 8.20. The van der Waals surface area contributed by atoms with Crippen LogP contribution in [0.4, 0.5) is 9.52 Å². The molecule has 1 amide bonds. The van der Waals surface area contributed by atoms with Crippen molar-refractivity contribution in [3.8, 4) is 0 Å². The third-order valence-electron chi connectivity index (χ3n) is 6.03. The van der Waals surface area contributed by atoms with Gasteiger partial charge in [0.1, 0.15) is 10.8 Å². The van der Waals surface area contributed by atoms with E-state index in [1.54, 1.807) is 12.1 Å². The van der Waals surface area contributed by atoms with Crippen LogP contribution in [0.3, 0.4) is 0 Å². The second kappa shape index (κ2) is 8.68. The zero-order chi connectivity index (χ0) is 21.3. The molecule has 2 aliphatic rings. The minimum atomic E-state index is -0.548. The van der Waals surface area contributed by atoms with Gasteiger partial charge in [-0.3, -0.25) is 14.8 Å². The molecule has 0 radical (unpaired) electrons. The van der Waals surface area contributed by atoms with Crippen molar-refractivity contribution in [2.24, 2.45) is 5.92 Å². The Bertz CT molecular complexity index is 1080. The molecule has 2 aromatic carbocycles. The summed E-state index contributed by atoms with van der Waals surface area (Å²) in [5.41, 5.74) is 1.11. The van der Waals surface area contributed by atoms with E-state index in [-0.39, 0.29) is 11.0 Å². The van der Waals surface area contributed by atoms with Gasteiger partial charge < -0.3 is 0 Å². The number of amides is 1. The van der Waals surface area contributed by atoms with Gasteiger partial charge in [0.2, 0.25) is 5.13 Å². The van der Waals surface area contributed by atoms with E-state index in [1.807, 2.05) is 18.2 Å². The summed E-state index contributed by atoms with van der Waals surface area (Å²) in [6, 6.07) is 14.9. The number of hydrogen-bond acceptors (Lipinski definition) is 6. The summed E-state index contributed by atoms with van der Waals surface area (Å²) in [4.78, 5) is 13.6. The van der Waals surface area contributed by atoms with Gasteiger partial charge in [0.15, 0.2) is 0 Å². The fraction of sp³-hybridized carbons (Fsp3) is 0.348. The van der Waals surface area contributed by atoms with Gasteiger partial charge in [0.25, 0.3) is 5.91 Å². The van der Waals surface area contributed by atoms with E-state index in [0.29, 0.717) is 5.13 Å². The average Bonchev–Trinajstić information content (AvgIpc) is 3.46. The van der Waals surface area contributed by atoms with Crippen molar-refractivity contribution in [1.29, 1.82) is 0 Å². The Morgan fingerprint density at radius 3 is 2.68 bits per heavy atom. The minimum absolute atomic E-state index is 0.0105. The van der Waals surface area contributed by atoms with Crippen LogP contribution in [0.2, 0.25) is 0 Å². The Balaban J connectivity index is 1.29. The third kappa shape index (κ3) is 4.37. The fourth-order valence-electron chi connectivity index (χ4n) is 3.85. The number of anilines is 1. The monoisotopic (exact) mass is 454 g/mol. The molecule has 0 aliphatic heterocycles. The van der Waals surface area contributed by atoms with Gasteiger partial charge in [-0.15, -0.1) is 10.2 Å². The normalized spacial score (nSPS) is 17.2. The van der Waals surface area contributed by atoms with E-state index in [0.717, 1.165) is 41.6 Å². The minimum Gasteiger partial charge on any atom is -0.296 e. The molecule has 1 aromatic heterocycles. The highest BCUT2D eigenvalue weighted by molar-refractivity contribution is 7.97. The molecule has 2 aliphatic carbocycles. The summed E-state index contributed by atoms with van der Waals surface area (Å²) < 4.78 is 17.6. The van der Waals surface area contributed by atoms with Gasteiger partial charge in [0.05, 0.1) is 5.56 Å². The molecule has 0 bridgehead atoms. The van der Waals surface area contributed by atoms with E-state index in [9.17, 15) is 9.18 Å². The van der Waals surface area contributed by atoms with E-state index in [2.05, 4.69) is 32.4 Å². The lowest BCUT2D eigenvalue weighted by Crippen LogP contribution is -2.35. The molecule has 2 fully saturated rings. The molecule has 5 rings (SSSR count). The highest BCUT2D eigenvalue weighted by Crippen LogP contribution is 2.50. The Morgan fingerprint density at radius 2 is 1.97 bits per heavy atom. The van der Waals surface area contributed by atoms with Crippen LogP contribution in [-0.4, -0.2) is 22.6 Å². The number of nitrogens with zero attached hydrogens (tertiary/aromatic N) is 2. The molecule has 3 aromatic rings. The summed E-state index contributed by atoms with van der Waals surface area (Å²) in [7, 11) is 0. The maximum atomic E-state index is 14.3. The topological polar surface area (TPSA) is 66.9 Å². The van der Waals surface area contributed by atoms with E-state index < -0.39 is 11.7 Å². The summed E-state index contributed by atoms with van der Waals surface area (Å²) in [6.07, 6.45) is 5.70. The molecule has 0 saturated heterocycles. The standard InChI is InChI=1S/C23H23FN4OS2/c24-19-10-9-17(31-25-14-15-7-8-15)13-18(19)20(29)26-22-28-27-21(30-22)23(11-4-12-23)16-5-2-1-3-6-16/h1-3,5-6,9-10,13,15,25H,4,7-8,11-12,14H2,(H,26,28,29). The predicted octanol–water partition coefficient (Wildman–Crippen LogP) is 5.41. The summed E-state index contributed by atoms with van der Waals surface area (Å²) in [5, 5.41) is 12.6. The number of halogens is 1. The van der Waals surface area contributed by atoms with Gasteiger partial charge >= 0.3 is 0 Å². The first-order chi connectivity index (χ1) is 15.1. The smallest absolute Gasteiger partial charge is 0.260 e. The number of rotatable bonds is 8. The predicted molar refractivity (Wildman–Crippen MR) is 122 cm³/mol. The molecule has 2 saturated carbocycles. The molecule has 0 spiro atoms. The number of hydrogen-bond donors (Lipinski definition) is 2. The number of carbonyl (C=O) groups is 1. The molecular weight excluding hydrogens is 431 g/mol. The second-order valence-corrected chi connectivity index (χ2v) is 10.1. The molecule has 31 heavy (non-hydrogen) atoms. The van der Waals surface area contributed by atoms with Crippen molar-refractivity contribution in [3.05, 3.63) is 70.5 Å². The van der Waals surface area contributed by atoms with Crippen molar-refractivity contribution in [2.75, 3.05) is 11.9 Å². The maximum Gasteiger partial charge on any atom is 0.260 e. The van der Waals surface area contributed by atoms with Crippen LogP contribution in [0.5, 0.6) is 0 Å². The first kappa shape index (κ1) is 20.6. The summed E-state index contributed by atoms with van der Waals surface area (Å²) in [6.45, 7) is 0.931. The van der Waals surface area contributed by atoms with Crippen LogP contribution in [0.1, 0.15) is 53.0 Å². The molecule has 0 atom stereocenters. The molecule has 5 nitrogen and oxygen atoms in total. The molecular formula is C23H23FN4OS2. The quantitative estimate of drug-likeness (QED) is 0.446. The number of nitrogens with one attached hydrogen (secondary N) is 2. The lowest BCUT2D eigenvalue weighted by Gasteiger charge is -2.40. The molecule has 0 unspecified atom stereocenters. The maximum absolute atomic E-state index is 14.3. The largest absolute Gasteiger partial charge is 0.296 e. The zero-order valence-electron chi connectivity index (χ0n) is 16.9. The Labute approximate surface area is 189 Å². The molecule has 8 heteroatoms.